The molecule has 2 aromatic rings. The van der Waals surface area contributed by atoms with E-state index in [2.05, 4.69) is 36.4 Å². The van der Waals surface area contributed by atoms with E-state index in [0.717, 1.165) is 18.6 Å². The van der Waals surface area contributed by atoms with Crippen LogP contribution in [-0.2, 0) is 10.2 Å². The summed E-state index contributed by atoms with van der Waals surface area (Å²) < 4.78 is 5.25. The molecule has 0 amide bonds. The highest BCUT2D eigenvalue weighted by molar-refractivity contribution is 5.82. The molecule has 0 aliphatic heterocycles. The lowest BCUT2D eigenvalue weighted by Gasteiger charge is -2.38. The van der Waals surface area contributed by atoms with E-state index in [9.17, 15) is 4.79 Å². The average Bonchev–Trinajstić information content (AvgIpc) is 2.55. The van der Waals surface area contributed by atoms with Gasteiger partial charge in [0.25, 0.3) is 0 Å². The Morgan fingerprint density at radius 1 is 0.952 bits per heavy atom. The minimum Gasteiger partial charge on any atom is -0.497 e. The van der Waals surface area contributed by atoms with Gasteiger partial charge in [0.15, 0.2) is 0 Å². The molecule has 1 aliphatic carbocycles. The summed E-state index contributed by atoms with van der Waals surface area (Å²) in [7, 11) is 1.67. The van der Waals surface area contributed by atoms with Crippen molar-refractivity contribution in [2.75, 3.05) is 7.11 Å². The number of methoxy groups -OCH3 is 1. The molecule has 2 aromatic carbocycles. The molecule has 2 heteroatoms. The lowest BCUT2D eigenvalue weighted by Crippen LogP contribution is -2.34. The molecule has 0 bridgehead atoms. The van der Waals surface area contributed by atoms with E-state index in [0.29, 0.717) is 18.6 Å². The number of hydrogen-bond acceptors (Lipinski definition) is 2. The SMILES string of the molecule is COc1ccc(C2(c3ccccc3)CCCC(=O)C2)cc1. The molecule has 0 radical (unpaired) electrons. The molecule has 1 unspecified atom stereocenters. The van der Waals surface area contributed by atoms with Crippen molar-refractivity contribution in [2.24, 2.45) is 0 Å². The minimum absolute atomic E-state index is 0.178. The van der Waals surface area contributed by atoms with Crippen molar-refractivity contribution in [2.45, 2.75) is 31.1 Å². The van der Waals surface area contributed by atoms with Crippen molar-refractivity contribution in [3.8, 4) is 5.75 Å². The highest BCUT2D eigenvalue weighted by Crippen LogP contribution is 2.43. The number of ether oxygens (including phenoxy) is 1. The van der Waals surface area contributed by atoms with E-state index < -0.39 is 0 Å². The number of hydrogen-bond donors (Lipinski definition) is 0. The molecule has 0 aromatic heterocycles. The molecule has 1 saturated carbocycles. The molecule has 0 heterocycles. The molecule has 108 valence electrons. The Balaban J connectivity index is 2.09. The fourth-order valence-electron chi connectivity index (χ4n) is 3.43. The molecule has 21 heavy (non-hydrogen) atoms. The highest BCUT2D eigenvalue weighted by atomic mass is 16.5. The van der Waals surface area contributed by atoms with E-state index in [1.165, 1.54) is 11.1 Å². The summed E-state index contributed by atoms with van der Waals surface area (Å²) in [5.41, 5.74) is 2.27. The number of carbonyl (C=O) groups is 1. The van der Waals surface area contributed by atoms with Crippen LogP contribution in [0.15, 0.2) is 54.6 Å². The number of ketones is 1. The molecule has 2 nitrogen and oxygen atoms in total. The summed E-state index contributed by atoms with van der Waals surface area (Å²) in [6, 6.07) is 18.6. The van der Waals surface area contributed by atoms with Crippen LogP contribution in [0.3, 0.4) is 0 Å². The van der Waals surface area contributed by atoms with Gasteiger partial charge in [-0.05, 0) is 36.1 Å². The van der Waals surface area contributed by atoms with Gasteiger partial charge < -0.3 is 4.74 Å². The van der Waals surface area contributed by atoms with Gasteiger partial charge >= 0.3 is 0 Å². The van der Waals surface area contributed by atoms with Crippen molar-refractivity contribution in [1.29, 1.82) is 0 Å². The van der Waals surface area contributed by atoms with Gasteiger partial charge in [-0.25, -0.2) is 0 Å². The van der Waals surface area contributed by atoms with Crippen LogP contribution in [0, 0.1) is 0 Å². The van der Waals surface area contributed by atoms with E-state index >= 15 is 0 Å². The third kappa shape index (κ3) is 2.58. The van der Waals surface area contributed by atoms with Crippen LogP contribution in [0.25, 0.3) is 0 Å². The summed E-state index contributed by atoms with van der Waals surface area (Å²) in [5, 5.41) is 0. The zero-order valence-electron chi connectivity index (χ0n) is 12.3. The van der Waals surface area contributed by atoms with Gasteiger partial charge in [-0.15, -0.1) is 0 Å². The van der Waals surface area contributed by atoms with Crippen molar-refractivity contribution < 1.29 is 9.53 Å². The number of carbonyl (C=O) groups excluding carboxylic acids is 1. The minimum atomic E-state index is -0.178. The van der Waals surface area contributed by atoms with Crippen molar-refractivity contribution in [3.05, 3.63) is 65.7 Å². The smallest absolute Gasteiger partial charge is 0.134 e. The van der Waals surface area contributed by atoms with E-state index in [4.69, 9.17) is 4.74 Å². The maximum atomic E-state index is 12.1. The largest absolute Gasteiger partial charge is 0.497 e. The zero-order chi connectivity index (χ0) is 14.7. The maximum Gasteiger partial charge on any atom is 0.134 e. The van der Waals surface area contributed by atoms with Crippen LogP contribution in [0.4, 0.5) is 0 Å². The molecule has 1 fully saturated rings. The summed E-state index contributed by atoms with van der Waals surface area (Å²) in [6.07, 6.45) is 3.29. The van der Waals surface area contributed by atoms with Crippen LogP contribution in [-0.4, -0.2) is 12.9 Å². The lowest BCUT2D eigenvalue weighted by atomic mass is 9.65. The average molecular weight is 280 g/mol. The molecule has 0 N–H and O–H groups in total. The van der Waals surface area contributed by atoms with Crippen LogP contribution >= 0.6 is 0 Å². The molecule has 0 spiro atoms. The first-order valence-corrected chi connectivity index (χ1v) is 7.46. The summed E-state index contributed by atoms with van der Waals surface area (Å²) >= 11 is 0. The Hall–Kier alpha value is -2.09. The van der Waals surface area contributed by atoms with E-state index in [1.807, 2.05) is 18.2 Å². The first-order chi connectivity index (χ1) is 10.2. The van der Waals surface area contributed by atoms with Gasteiger partial charge in [-0.2, -0.15) is 0 Å². The third-order valence-electron chi connectivity index (χ3n) is 4.53. The summed E-state index contributed by atoms with van der Waals surface area (Å²) in [6.45, 7) is 0. The van der Waals surface area contributed by atoms with Crippen LogP contribution in [0.2, 0.25) is 0 Å². The summed E-state index contributed by atoms with van der Waals surface area (Å²) in [4.78, 5) is 12.1. The number of benzene rings is 2. The van der Waals surface area contributed by atoms with Crippen LogP contribution in [0.1, 0.15) is 36.8 Å². The van der Waals surface area contributed by atoms with Crippen molar-refractivity contribution >= 4 is 5.78 Å². The normalized spacial score (nSPS) is 22.0. The predicted octanol–water partition coefficient (Wildman–Crippen LogP) is 4.12. The van der Waals surface area contributed by atoms with Gasteiger partial charge in [-0.1, -0.05) is 42.5 Å². The van der Waals surface area contributed by atoms with Crippen molar-refractivity contribution in [3.63, 3.8) is 0 Å². The highest BCUT2D eigenvalue weighted by Gasteiger charge is 2.38. The fraction of sp³-hybridized carbons (Fsp3) is 0.316. The molecular weight excluding hydrogens is 260 g/mol. The topological polar surface area (TPSA) is 26.3 Å². The van der Waals surface area contributed by atoms with Crippen LogP contribution in [0.5, 0.6) is 5.75 Å². The predicted molar refractivity (Wildman–Crippen MR) is 83.7 cm³/mol. The lowest BCUT2D eigenvalue weighted by molar-refractivity contribution is -0.121. The first-order valence-electron chi connectivity index (χ1n) is 7.46. The van der Waals surface area contributed by atoms with Gasteiger partial charge in [0, 0.05) is 18.3 Å². The first kappa shape index (κ1) is 13.9. The van der Waals surface area contributed by atoms with Gasteiger partial charge in [0.1, 0.15) is 11.5 Å². The quantitative estimate of drug-likeness (QED) is 0.845. The maximum absolute atomic E-state index is 12.1. The fourth-order valence-corrected chi connectivity index (χ4v) is 3.43. The Kier molecular flexibility index (Phi) is 3.78. The van der Waals surface area contributed by atoms with Crippen molar-refractivity contribution in [1.82, 2.24) is 0 Å². The van der Waals surface area contributed by atoms with Gasteiger partial charge in [-0.3, -0.25) is 4.79 Å². The Morgan fingerprint density at radius 2 is 1.62 bits per heavy atom. The number of rotatable bonds is 3. The molecule has 3 rings (SSSR count). The van der Waals surface area contributed by atoms with Gasteiger partial charge in [0.2, 0.25) is 0 Å². The molecule has 1 aliphatic rings. The molecular formula is C19H20O2. The Bertz CT molecular complexity index is 616. The van der Waals surface area contributed by atoms with E-state index in [-0.39, 0.29) is 5.41 Å². The monoisotopic (exact) mass is 280 g/mol. The summed E-state index contributed by atoms with van der Waals surface area (Å²) in [5.74, 6) is 1.21. The second-order valence-electron chi connectivity index (χ2n) is 5.75. The van der Waals surface area contributed by atoms with E-state index in [1.54, 1.807) is 7.11 Å². The second kappa shape index (κ2) is 5.72. The zero-order valence-corrected chi connectivity index (χ0v) is 12.3. The molecule has 1 atom stereocenters. The third-order valence-corrected chi connectivity index (χ3v) is 4.53. The van der Waals surface area contributed by atoms with Crippen LogP contribution < -0.4 is 4.74 Å². The molecule has 0 saturated heterocycles. The Labute approximate surface area is 125 Å². The number of Topliss-reactive ketones (excluding diaryl/α,β-unsaturated/α-hetero) is 1. The van der Waals surface area contributed by atoms with Gasteiger partial charge in [0.05, 0.1) is 7.11 Å². The standard InChI is InChI=1S/C19H20O2/c1-21-18-11-9-16(10-12-18)19(13-5-8-17(20)14-19)15-6-3-2-4-7-15/h2-4,6-7,9-12H,5,8,13-14H2,1H3. The second-order valence-corrected chi connectivity index (χ2v) is 5.75. The Morgan fingerprint density at radius 3 is 2.24 bits per heavy atom.